The second-order valence-corrected chi connectivity index (χ2v) is 9.30. The van der Waals surface area contributed by atoms with E-state index in [-0.39, 0.29) is 12.5 Å². The van der Waals surface area contributed by atoms with Crippen molar-refractivity contribution in [3.8, 4) is 0 Å². The van der Waals surface area contributed by atoms with Crippen LogP contribution < -0.4 is 0 Å². The number of rotatable bonds is 9. The number of aromatic amines is 1. The molecule has 1 saturated heterocycles. The molecule has 3 atom stereocenters. The fraction of sp³-hybridized carbons (Fsp3) is 0.417. The number of imidazole rings is 1. The molecule has 174 valence electrons. The molecule has 1 aliphatic rings. The van der Waals surface area contributed by atoms with Crippen molar-refractivity contribution in [3.63, 3.8) is 0 Å². The zero-order valence-corrected chi connectivity index (χ0v) is 19.3. The van der Waals surface area contributed by atoms with Crippen LogP contribution >= 0.6 is 11.3 Å². The van der Waals surface area contributed by atoms with Crippen LogP contribution in [-0.2, 0) is 22.4 Å². The van der Waals surface area contributed by atoms with E-state index >= 15 is 0 Å². The Morgan fingerprint density at radius 2 is 2.09 bits per heavy atom. The number of aliphatic hydroxyl groups excluding tert-OH is 2. The number of aryl methyl sites for hydroxylation is 2. The van der Waals surface area contributed by atoms with Gasteiger partial charge in [0.25, 0.3) is 5.91 Å². The molecule has 0 saturated carbocycles. The zero-order chi connectivity index (χ0) is 23.4. The van der Waals surface area contributed by atoms with Gasteiger partial charge in [-0.3, -0.25) is 9.59 Å². The quantitative estimate of drug-likeness (QED) is 0.444. The molecule has 1 aromatic carbocycles. The number of thiazole rings is 1. The highest BCUT2D eigenvalue weighted by Crippen LogP contribution is 2.30. The van der Waals surface area contributed by atoms with Crippen molar-refractivity contribution >= 4 is 23.0 Å². The van der Waals surface area contributed by atoms with Gasteiger partial charge in [0.1, 0.15) is 11.9 Å². The van der Waals surface area contributed by atoms with Crippen molar-refractivity contribution in [1.82, 2.24) is 19.9 Å². The second-order valence-electron chi connectivity index (χ2n) is 8.36. The first-order valence-corrected chi connectivity index (χ1v) is 12.0. The van der Waals surface area contributed by atoms with Crippen molar-refractivity contribution < 1.29 is 19.8 Å². The normalized spacial score (nSPS) is 17.8. The number of aliphatic hydroxyl groups is 2. The molecule has 33 heavy (non-hydrogen) atoms. The molecular formula is C24H28N4O4S. The predicted octanol–water partition coefficient (Wildman–Crippen LogP) is 2.35. The number of likely N-dealkylation sites (tertiary alicyclic amines) is 1. The van der Waals surface area contributed by atoms with Crippen LogP contribution in [0.4, 0.5) is 0 Å². The van der Waals surface area contributed by atoms with Crippen LogP contribution in [0, 0.1) is 6.92 Å². The van der Waals surface area contributed by atoms with Gasteiger partial charge in [-0.15, -0.1) is 11.3 Å². The third kappa shape index (κ3) is 5.38. The Labute approximate surface area is 196 Å². The maximum atomic E-state index is 12.8. The summed E-state index contributed by atoms with van der Waals surface area (Å²) < 4.78 is 0. The second kappa shape index (κ2) is 10.4. The molecule has 8 nitrogen and oxygen atoms in total. The van der Waals surface area contributed by atoms with Crippen LogP contribution in [0.2, 0.25) is 0 Å². The number of nitrogens with one attached hydrogen (secondary N) is 1. The number of nitrogens with zero attached hydrogens (tertiary/aromatic N) is 3. The van der Waals surface area contributed by atoms with E-state index in [1.807, 2.05) is 17.5 Å². The number of benzene rings is 1. The van der Waals surface area contributed by atoms with Gasteiger partial charge in [0.05, 0.1) is 16.7 Å². The molecule has 9 heteroatoms. The van der Waals surface area contributed by atoms with Crippen molar-refractivity contribution in [2.45, 2.75) is 57.3 Å². The lowest BCUT2D eigenvalue weighted by atomic mass is 10.0. The van der Waals surface area contributed by atoms with Crippen LogP contribution in [0.5, 0.6) is 0 Å². The minimum atomic E-state index is -1.79. The zero-order valence-electron chi connectivity index (χ0n) is 18.5. The number of H-pyrrole nitrogens is 1. The third-order valence-corrected chi connectivity index (χ3v) is 7.03. The van der Waals surface area contributed by atoms with E-state index in [1.54, 1.807) is 12.4 Å². The van der Waals surface area contributed by atoms with Gasteiger partial charge >= 0.3 is 0 Å². The van der Waals surface area contributed by atoms with Crippen LogP contribution in [0.25, 0.3) is 0 Å². The van der Waals surface area contributed by atoms with Crippen LogP contribution in [0.15, 0.2) is 42.0 Å². The van der Waals surface area contributed by atoms with Crippen LogP contribution in [0.1, 0.15) is 53.0 Å². The molecule has 3 aromatic rings. The summed E-state index contributed by atoms with van der Waals surface area (Å²) in [5.41, 5.74) is 3.35. The smallest absolute Gasteiger partial charge is 0.255 e. The molecule has 1 unspecified atom stereocenters. The van der Waals surface area contributed by atoms with E-state index in [0.717, 1.165) is 23.5 Å². The van der Waals surface area contributed by atoms with Crippen molar-refractivity contribution in [2.75, 3.05) is 6.54 Å². The number of carbonyl (C=O) groups is 2. The summed E-state index contributed by atoms with van der Waals surface area (Å²) in [6, 6.07) is 7.85. The number of Topliss-reactive ketones (excluding diaryl/α,β-unsaturated/α-hetero) is 1. The minimum Gasteiger partial charge on any atom is -0.382 e. The summed E-state index contributed by atoms with van der Waals surface area (Å²) >= 11 is 1.47. The average molecular weight is 469 g/mol. The molecule has 2 aromatic heterocycles. The van der Waals surface area contributed by atoms with Gasteiger partial charge in [-0.2, -0.15) is 0 Å². The van der Waals surface area contributed by atoms with E-state index in [4.69, 9.17) is 0 Å². The van der Waals surface area contributed by atoms with E-state index in [0.29, 0.717) is 25.2 Å². The maximum Gasteiger partial charge on any atom is 0.255 e. The van der Waals surface area contributed by atoms with Crippen LogP contribution in [-0.4, -0.2) is 60.5 Å². The predicted molar refractivity (Wildman–Crippen MR) is 124 cm³/mol. The number of hydrogen-bond donors (Lipinski definition) is 3. The van der Waals surface area contributed by atoms with E-state index < -0.39 is 23.9 Å². The topological polar surface area (TPSA) is 119 Å². The van der Waals surface area contributed by atoms with Gasteiger partial charge in [0, 0.05) is 43.6 Å². The molecule has 1 aliphatic heterocycles. The highest BCUT2D eigenvalue weighted by Gasteiger charge is 2.39. The lowest BCUT2D eigenvalue weighted by Crippen LogP contribution is -2.47. The number of ketones is 1. The first-order valence-electron chi connectivity index (χ1n) is 11.1. The van der Waals surface area contributed by atoms with Gasteiger partial charge in [0.2, 0.25) is 0 Å². The van der Waals surface area contributed by atoms with Crippen molar-refractivity contribution in [3.05, 3.63) is 69.7 Å². The molecule has 4 rings (SSSR count). The van der Waals surface area contributed by atoms with E-state index in [1.165, 1.54) is 27.4 Å². The number of hydrogen-bond acceptors (Lipinski definition) is 7. The molecule has 0 radical (unpaired) electrons. The van der Waals surface area contributed by atoms with Gasteiger partial charge in [-0.1, -0.05) is 24.3 Å². The fourth-order valence-corrected chi connectivity index (χ4v) is 4.98. The Morgan fingerprint density at radius 3 is 2.85 bits per heavy atom. The Bertz CT molecular complexity index is 1100. The number of carbonyl (C=O) groups excluding carboxylic acids is 2. The molecule has 0 bridgehead atoms. The highest BCUT2D eigenvalue weighted by molar-refractivity contribution is 7.09. The molecule has 3 heterocycles. The minimum absolute atomic E-state index is 0.00440. The Morgan fingerprint density at radius 1 is 1.27 bits per heavy atom. The lowest BCUT2D eigenvalue weighted by Gasteiger charge is -2.27. The van der Waals surface area contributed by atoms with Crippen molar-refractivity contribution in [2.24, 2.45) is 0 Å². The monoisotopic (exact) mass is 468 g/mol. The highest BCUT2D eigenvalue weighted by atomic mass is 32.1. The standard InChI is InChI=1S/C24H28N4O4S/c1-15-5-2-3-6-16(15)13-17-14-33-20(27-17)9-8-19(29)21(30)22(31)24(32)28-12-4-7-18(28)23-25-10-11-26-23/h2-3,5-6,10-11,14,18,21-22,30-31H,4,7-9,12-13H2,1H3,(H,25,26)/t18?,21-,22+/m0/s1. The molecular weight excluding hydrogens is 440 g/mol. The average Bonchev–Trinajstić information content (AvgIpc) is 3.59. The van der Waals surface area contributed by atoms with E-state index in [2.05, 4.69) is 34.0 Å². The summed E-state index contributed by atoms with van der Waals surface area (Å²) in [6.07, 6.45) is 2.29. The lowest BCUT2D eigenvalue weighted by molar-refractivity contribution is -0.153. The summed E-state index contributed by atoms with van der Waals surface area (Å²) in [5, 5.41) is 23.5. The van der Waals surface area contributed by atoms with Gasteiger partial charge in [0.15, 0.2) is 11.9 Å². The van der Waals surface area contributed by atoms with Crippen LogP contribution in [0.3, 0.4) is 0 Å². The number of amides is 1. The SMILES string of the molecule is Cc1ccccc1Cc1csc(CCC(=O)[C@H](O)[C@@H](O)C(=O)N2CCCC2c2ncc[nH]2)n1. The Kier molecular flexibility index (Phi) is 7.32. The Hall–Kier alpha value is -2.88. The molecule has 0 aliphatic carbocycles. The van der Waals surface area contributed by atoms with Gasteiger partial charge in [-0.05, 0) is 30.9 Å². The fourth-order valence-electron chi connectivity index (χ4n) is 4.18. The first kappa shape index (κ1) is 23.3. The van der Waals surface area contributed by atoms with Gasteiger partial charge < -0.3 is 20.1 Å². The molecule has 1 fully saturated rings. The molecule has 3 N–H and O–H groups in total. The maximum absolute atomic E-state index is 12.8. The summed E-state index contributed by atoms with van der Waals surface area (Å²) in [6.45, 7) is 2.51. The van der Waals surface area contributed by atoms with E-state index in [9.17, 15) is 19.8 Å². The first-order chi connectivity index (χ1) is 15.9. The third-order valence-electron chi connectivity index (χ3n) is 6.07. The summed E-state index contributed by atoms with van der Waals surface area (Å²) in [7, 11) is 0. The van der Waals surface area contributed by atoms with Crippen molar-refractivity contribution in [1.29, 1.82) is 0 Å². The molecule has 1 amide bonds. The summed E-state index contributed by atoms with van der Waals surface area (Å²) in [4.78, 5) is 38.6. The summed E-state index contributed by atoms with van der Waals surface area (Å²) in [5.74, 6) is -0.580. The largest absolute Gasteiger partial charge is 0.382 e. The molecule has 0 spiro atoms. The Balaban J connectivity index is 1.31. The van der Waals surface area contributed by atoms with Gasteiger partial charge in [-0.25, -0.2) is 9.97 Å². The number of aromatic nitrogens is 3.